The molecule has 1 heterocycles. The van der Waals surface area contributed by atoms with E-state index in [1.54, 1.807) is 0 Å². The third-order valence-corrected chi connectivity index (χ3v) is 1.67. The Bertz CT molecular complexity index is 276. The van der Waals surface area contributed by atoms with Gasteiger partial charge in [-0.2, -0.15) is 0 Å². The van der Waals surface area contributed by atoms with Crippen LogP contribution in [-0.2, 0) is 0 Å². The van der Waals surface area contributed by atoms with E-state index in [2.05, 4.69) is 0 Å². The smallest absolute Gasteiger partial charge is 0.240 e. The van der Waals surface area contributed by atoms with Gasteiger partial charge in [-0.05, 0) is 12.1 Å². The minimum absolute atomic E-state index is 0.549. The second kappa shape index (κ2) is 2.11. The summed E-state index contributed by atoms with van der Waals surface area (Å²) in [4.78, 5) is 0. The van der Waals surface area contributed by atoms with Gasteiger partial charge in [-0.1, -0.05) is 12.1 Å². The Morgan fingerprint density at radius 1 is 1.36 bits per heavy atom. The van der Waals surface area contributed by atoms with Crippen LogP contribution in [0.5, 0.6) is 5.75 Å². The minimum Gasteiger partial charge on any atom is -0.454 e. The molecule has 0 amide bonds. The molecule has 1 unspecified atom stereocenters. The molecule has 1 atom stereocenters. The Morgan fingerprint density at radius 3 is 2.82 bits per heavy atom. The number of para-hydroxylation sites is 2. The fraction of sp³-hybridized carbons (Fsp3) is 0.143. The lowest BCUT2D eigenvalue weighted by atomic mass is 10.3. The van der Waals surface area contributed by atoms with Crippen molar-refractivity contribution in [1.29, 1.82) is 0 Å². The maximum Gasteiger partial charge on any atom is 0.240 e. The van der Waals surface area contributed by atoms with Gasteiger partial charge < -0.3 is 4.74 Å². The summed E-state index contributed by atoms with van der Waals surface area (Å²) in [5.74, 6) is 6.31. The monoisotopic (exact) mass is 151 g/mol. The highest BCUT2D eigenvalue weighted by molar-refractivity contribution is 5.60. The first-order chi connectivity index (χ1) is 5.29. The van der Waals surface area contributed by atoms with Crippen LogP contribution in [0.1, 0.15) is 0 Å². The number of hydrazine groups is 1. The first-order valence-electron chi connectivity index (χ1n) is 3.34. The van der Waals surface area contributed by atoms with Crippen molar-refractivity contribution in [1.82, 2.24) is 0 Å². The molecule has 1 aliphatic heterocycles. The number of fused-ring (bicyclic) bond motifs is 1. The Morgan fingerprint density at radius 2 is 2.09 bits per heavy atom. The third-order valence-electron chi connectivity index (χ3n) is 1.67. The Hall–Kier alpha value is -1.26. The molecule has 1 aliphatic rings. The number of rotatable bonds is 0. The molecule has 4 heteroatoms. The summed E-state index contributed by atoms with van der Waals surface area (Å²) in [7, 11) is 0. The molecule has 0 aromatic heterocycles. The van der Waals surface area contributed by atoms with Crippen LogP contribution in [0, 0.1) is 0 Å². The summed E-state index contributed by atoms with van der Waals surface area (Å²) in [6.45, 7) is 0. The number of benzene rings is 1. The molecule has 0 spiro atoms. The quantitative estimate of drug-likeness (QED) is 0.512. The van der Waals surface area contributed by atoms with E-state index >= 15 is 0 Å². The lowest BCUT2D eigenvalue weighted by Crippen LogP contribution is -2.46. The molecule has 11 heavy (non-hydrogen) atoms. The summed E-state index contributed by atoms with van der Waals surface area (Å²) < 4.78 is 5.20. The van der Waals surface area contributed by atoms with E-state index in [0.29, 0.717) is 0 Å². The van der Waals surface area contributed by atoms with Gasteiger partial charge in [-0.25, -0.2) is 5.84 Å². The lowest BCUT2D eigenvalue weighted by molar-refractivity contribution is 0.232. The average Bonchev–Trinajstić information content (AvgIpc) is 2.30. The van der Waals surface area contributed by atoms with Crippen molar-refractivity contribution in [2.24, 2.45) is 11.6 Å². The number of anilines is 1. The van der Waals surface area contributed by atoms with Crippen LogP contribution < -0.4 is 21.3 Å². The fourth-order valence-corrected chi connectivity index (χ4v) is 1.09. The Balaban J connectivity index is 2.47. The Labute approximate surface area is 64.3 Å². The fourth-order valence-electron chi connectivity index (χ4n) is 1.09. The van der Waals surface area contributed by atoms with E-state index in [0.717, 1.165) is 11.4 Å². The highest BCUT2D eigenvalue weighted by Gasteiger charge is 2.24. The van der Waals surface area contributed by atoms with Gasteiger partial charge in [0.1, 0.15) is 5.75 Å². The van der Waals surface area contributed by atoms with Gasteiger partial charge >= 0.3 is 0 Å². The first kappa shape index (κ1) is 6.45. The van der Waals surface area contributed by atoms with Crippen LogP contribution in [0.25, 0.3) is 0 Å². The van der Waals surface area contributed by atoms with Gasteiger partial charge in [0.2, 0.25) is 6.35 Å². The molecule has 0 saturated heterocycles. The summed E-state index contributed by atoms with van der Waals surface area (Å²) in [5.41, 5.74) is 6.34. The number of hydrogen-bond donors (Lipinski definition) is 2. The van der Waals surface area contributed by atoms with E-state index in [9.17, 15) is 0 Å². The first-order valence-corrected chi connectivity index (χ1v) is 3.34. The van der Waals surface area contributed by atoms with Crippen LogP contribution in [0.2, 0.25) is 0 Å². The van der Waals surface area contributed by atoms with Crippen molar-refractivity contribution < 1.29 is 4.74 Å². The van der Waals surface area contributed by atoms with Gasteiger partial charge in [-0.15, -0.1) is 0 Å². The number of hydrogen-bond acceptors (Lipinski definition) is 4. The molecular weight excluding hydrogens is 142 g/mol. The van der Waals surface area contributed by atoms with Crippen LogP contribution in [0.15, 0.2) is 24.3 Å². The predicted octanol–water partition coefficient (Wildman–Crippen LogP) is 0.00140. The molecule has 4 N–H and O–H groups in total. The molecule has 1 aromatic rings. The van der Waals surface area contributed by atoms with Crippen molar-refractivity contribution in [3.8, 4) is 5.75 Å². The number of ether oxygens (including phenoxy) is 1. The molecule has 58 valence electrons. The zero-order valence-electron chi connectivity index (χ0n) is 5.90. The van der Waals surface area contributed by atoms with Crippen LogP contribution in [0.3, 0.4) is 0 Å². The average molecular weight is 151 g/mol. The van der Waals surface area contributed by atoms with Crippen molar-refractivity contribution in [3.63, 3.8) is 0 Å². The zero-order chi connectivity index (χ0) is 7.84. The number of nitrogens with two attached hydrogens (primary N) is 2. The second-order valence-corrected chi connectivity index (χ2v) is 2.38. The van der Waals surface area contributed by atoms with Crippen LogP contribution >= 0.6 is 0 Å². The van der Waals surface area contributed by atoms with Gasteiger partial charge in [-0.3, -0.25) is 10.7 Å². The van der Waals surface area contributed by atoms with E-state index < -0.39 is 6.35 Å². The van der Waals surface area contributed by atoms with Gasteiger partial charge in [0.15, 0.2) is 0 Å². The largest absolute Gasteiger partial charge is 0.454 e. The topological polar surface area (TPSA) is 64.5 Å². The molecule has 4 nitrogen and oxygen atoms in total. The van der Waals surface area contributed by atoms with Gasteiger partial charge in [0.05, 0.1) is 5.69 Å². The molecule has 2 rings (SSSR count). The minimum atomic E-state index is -0.549. The van der Waals surface area contributed by atoms with Crippen molar-refractivity contribution >= 4 is 5.69 Å². The summed E-state index contributed by atoms with van der Waals surface area (Å²) in [5, 5.41) is 1.40. The third kappa shape index (κ3) is 0.840. The highest BCUT2D eigenvalue weighted by atomic mass is 16.5. The normalized spacial score (nSPS) is 21.3. The summed E-state index contributed by atoms with van der Waals surface area (Å²) in [6.07, 6.45) is -0.549. The predicted molar refractivity (Wildman–Crippen MR) is 41.7 cm³/mol. The second-order valence-electron chi connectivity index (χ2n) is 2.38. The van der Waals surface area contributed by atoms with Gasteiger partial charge in [0, 0.05) is 0 Å². The SMILES string of the molecule is NC1Oc2ccccc2N1N. The Kier molecular flexibility index (Phi) is 1.24. The lowest BCUT2D eigenvalue weighted by Gasteiger charge is -2.13. The molecule has 0 saturated carbocycles. The van der Waals surface area contributed by atoms with Gasteiger partial charge in [0.25, 0.3) is 0 Å². The molecule has 0 fully saturated rings. The maximum absolute atomic E-state index is 5.57. The van der Waals surface area contributed by atoms with Crippen molar-refractivity contribution in [3.05, 3.63) is 24.3 Å². The van der Waals surface area contributed by atoms with Crippen LogP contribution in [0.4, 0.5) is 5.69 Å². The molecule has 1 aromatic carbocycles. The molecule has 0 radical (unpaired) electrons. The van der Waals surface area contributed by atoms with E-state index in [4.69, 9.17) is 16.3 Å². The zero-order valence-corrected chi connectivity index (χ0v) is 5.90. The summed E-state index contributed by atoms with van der Waals surface area (Å²) in [6, 6.07) is 7.47. The highest BCUT2D eigenvalue weighted by Crippen LogP contribution is 2.32. The van der Waals surface area contributed by atoms with Crippen molar-refractivity contribution in [2.75, 3.05) is 5.01 Å². The van der Waals surface area contributed by atoms with E-state index in [1.807, 2.05) is 24.3 Å². The van der Waals surface area contributed by atoms with E-state index in [-0.39, 0.29) is 0 Å². The molecule has 0 aliphatic carbocycles. The standard InChI is InChI=1S/C7H9N3O/c8-7-10(9)5-3-1-2-4-6(5)11-7/h1-4,7H,8-9H2. The van der Waals surface area contributed by atoms with Crippen molar-refractivity contribution in [2.45, 2.75) is 6.35 Å². The summed E-state index contributed by atoms with van der Waals surface area (Å²) >= 11 is 0. The molecular formula is C7H9N3O. The molecule has 0 bridgehead atoms. The van der Waals surface area contributed by atoms with Crippen LogP contribution in [-0.4, -0.2) is 6.35 Å². The maximum atomic E-state index is 5.57. The number of nitrogens with zero attached hydrogens (tertiary/aromatic N) is 1. The van der Waals surface area contributed by atoms with E-state index in [1.165, 1.54) is 5.01 Å².